The van der Waals surface area contributed by atoms with Gasteiger partial charge in [0.15, 0.2) is 0 Å². The van der Waals surface area contributed by atoms with E-state index in [-0.39, 0.29) is 48.6 Å². The average Bonchev–Trinajstić information content (AvgIpc) is 2.94. The van der Waals surface area contributed by atoms with Crippen molar-refractivity contribution in [2.24, 2.45) is 0 Å². The van der Waals surface area contributed by atoms with Gasteiger partial charge < -0.3 is 39.6 Å². The zero-order chi connectivity index (χ0) is 31.0. The van der Waals surface area contributed by atoms with Crippen molar-refractivity contribution < 1.29 is 52.5 Å². The minimum atomic E-state index is -1.48. The smallest absolute Gasteiger partial charge is 0.407 e. The minimum Gasteiger partial charge on any atom is -0.465 e. The predicted molar refractivity (Wildman–Crippen MR) is 144 cm³/mol. The number of carbonyl (C=O) groups is 6. The fourth-order valence-corrected chi connectivity index (χ4v) is 2.82. The van der Waals surface area contributed by atoms with Crippen LogP contribution in [0.2, 0.25) is 0 Å². The first-order chi connectivity index (χ1) is 19.3. The molecular formula is C27H35N3O11. The van der Waals surface area contributed by atoms with Crippen molar-refractivity contribution in [1.82, 2.24) is 16.0 Å². The first-order valence-corrected chi connectivity index (χ1v) is 12.3. The second-order valence-electron chi connectivity index (χ2n) is 8.89. The molecule has 1 rings (SSSR count). The number of benzene rings is 1. The second kappa shape index (κ2) is 16.9. The molecule has 3 amide bonds. The molecule has 0 aromatic heterocycles. The van der Waals surface area contributed by atoms with Gasteiger partial charge in [-0.05, 0) is 32.9 Å². The van der Waals surface area contributed by atoms with Gasteiger partial charge in [0.05, 0.1) is 31.3 Å². The Morgan fingerprint density at radius 1 is 0.756 bits per heavy atom. The maximum Gasteiger partial charge on any atom is 0.407 e. The van der Waals surface area contributed by atoms with Crippen molar-refractivity contribution in [3.05, 3.63) is 59.7 Å². The van der Waals surface area contributed by atoms with Crippen LogP contribution in [-0.2, 0) is 33.3 Å². The van der Waals surface area contributed by atoms with Crippen LogP contribution in [0.25, 0.3) is 0 Å². The summed E-state index contributed by atoms with van der Waals surface area (Å²) < 4.78 is 24.8. The number of hydrogen-bond acceptors (Lipinski definition) is 11. The number of hydrogen-bond donors (Lipinski definition) is 3. The second-order valence-corrected chi connectivity index (χ2v) is 8.89. The molecule has 224 valence electrons. The Kier molecular flexibility index (Phi) is 14.1. The van der Waals surface area contributed by atoms with E-state index < -0.39 is 54.8 Å². The van der Waals surface area contributed by atoms with Crippen molar-refractivity contribution in [3.63, 3.8) is 0 Å². The number of carbonyl (C=O) groups excluding carboxylic acids is 6. The molecule has 1 aromatic rings. The van der Waals surface area contributed by atoms with Gasteiger partial charge in [0.2, 0.25) is 0 Å². The topological polar surface area (TPSA) is 185 Å². The van der Waals surface area contributed by atoms with E-state index in [1.54, 1.807) is 6.07 Å². The van der Waals surface area contributed by atoms with Crippen LogP contribution in [-0.4, -0.2) is 88.2 Å². The summed E-state index contributed by atoms with van der Waals surface area (Å²) in [5, 5.41) is 7.36. The fourth-order valence-electron chi connectivity index (χ4n) is 2.82. The Labute approximate surface area is 237 Å². The van der Waals surface area contributed by atoms with Crippen LogP contribution >= 0.6 is 0 Å². The van der Waals surface area contributed by atoms with Crippen LogP contribution in [0.1, 0.15) is 41.5 Å². The lowest BCUT2D eigenvalue weighted by molar-refractivity contribution is -0.139. The lowest BCUT2D eigenvalue weighted by Gasteiger charge is -2.30. The zero-order valence-electron chi connectivity index (χ0n) is 23.5. The largest absolute Gasteiger partial charge is 0.465 e. The molecule has 1 aromatic carbocycles. The van der Waals surface area contributed by atoms with E-state index in [1.165, 1.54) is 46.1 Å². The quantitative estimate of drug-likeness (QED) is 0.119. The van der Waals surface area contributed by atoms with Crippen molar-refractivity contribution >= 4 is 36.0 Å². The van der Waals surface area contributed by atoms with Gasteiger partial charge >= 0.3 is 30.1 Å². The van der Waals surface area contributed by atoms with Crippen LogP contribution in [0.15, 0.2) is 48.6 Å². The number of methoxy groups -OCH3 is 1. The summed E-state index contributed by atoms with van der Waals surface area (Å²) >= 11 is 0. The summed E-state index contributed by atoms with van der Waals surface area (Å²) in [4.78, 5) is 72.4. The number of nitrogens with one attached hydrogen (secondary N) is 3. The highest BCUT2D eigenvalue weighted by atomic mass is 16.6. The highest BCUT2D eigenvalue weighted by Gasteiger charge is 2.32. The maximum atomic E-state index is 13.1. The Hall–Kier alpha value is -4.88. The summed E-state index contributed by atoms with van der Waals surface area (Å²) in [6.07, 6.45) is -1.81. The normalized spacial score (nSPS) is 10.3. The molecule has 0 unspecified atom stereocenters. The third kappa shape index (κ3) is 12.7. The molecule has 0 heterocycles. The van der Waals surface area contributed by atoms with E-state index in [1.807, 2.05) is 0 Å². The van der Waals surface area contributed by atoms with E-state index >= 15 is 0 Å². The Balaban J connectivity index is 2.85. The molecule has 14 heteroatoms. The molecule has 14 nitrogen and oxygen atoms in total. The number of rotatable bonds is 15. The summed E-state index contributed by atoms with van der Waals surface area (Å²) in [7, 11) is 1.17. The first-order valence-electron chi connectivity index (χ1n) is 12.3. The van der Waals surface area contributed by atoms with Crippen molar-refractivity contribution in [2.45, 2.75) is 26.3 Å². The van der Waals surface area contributed by atoms with E-state index in [9.17, 15) is 28.8 Å². The van der Waals surface area contributed by atoms with E-state index in [0.717, 1.165) is 0 Å². The van der Waals surface area contributed by atoms with Gasteiger partial charge in [0.25, 0.3) is 5.91 Å². The molecule has 41 heavy (non-hydrogen) atoms. The molecule has 0 aliphatic heterocycles. The van der Waals surface area contributed by atoms with Gasteiger partial charge in [-0.3, -0.25) is 4.79 Å². The molecule has 0 radical (unpaired) electrons. The molecular weight excluding hydrogens is 542 g/mol. The van der Waals surface area contributed by atoms with Crippen LogP contribution in [0.5, 0.6) is 0 Å². The molecule has 0 spiro atoms. The van der Waals surface area contributed by atoms with Gasteiger partial charge in [-0.25, -0.2) is 24.0 Å². The molecule has 0 saturated heterocycles. The number of esters is 3. The average molecular weight is 578 g/mol. The lowest BCUT2D eigenvalue weighted by atomic mass is 10.0. The maximum absolute atomic E-state index is 13.1. The standard InChI is InChI=1S/C27H35N3O11/c1-17(2)22(32)38-13-11-28-25(35)40-15-27(5,16-41-26(36)29-12-14-39-23(33)18(3)4)30-21(31)19-9-7-8-10-20(19)24(34)37-6/h7-10H,1,3,11-16H2,2,4-6H3,(H,28,35)(H,29,36)(H,30,31). The van der Waals surface area contributed by atoms with Crippen LogP contribution in [0.4, 0.5) is 9.59 Å². The Morgan fingerprint density at radius 2 is 1.20 bits per heavy atom. The van der Waals surface area contributed by atoms with Crippen LogP contribution < -0.4 is 16.0 Å². The molecule has 0 aliphatic rings. The summed E-state index contributed by atoms with van der Waals surface area (Å²) in [6, 6.07) is 5.87. The van der Waals surface area contributed by atoms with Crippen LogP contribution in [0.3, 0.4) is 0 Å². The monoisotopic (exact) mass is 577 g/mol. The summed E-state index contributed by atoms with van der Waals surface area (Å²) in [5.74, 6) is -2.72. The van der Waals surface area contributed by atoms with Crippen molar-refractivity contribution in [1.29, 1.82) is 0 Å². The van der Waals surface area contributed by atoms with Crippen molar-refractivity contribution in [3.8, 4) is 0 Å². The number of ether oxygens (including phenoxy) is 5. The minimum absolute atomic E-state index is 0.0132. The molecule has 0 atom stereocenters. The van der Waals surface area contributed by atoms with Gasteiger partial charge in [0, 0.05) is 11.1 Å². The number of alkyl carbamates (subject to hydrolysis) is 2. The third-order valence-electron chi connectivity index (χ3n) is 4.94. The fraction of sp³-hybridized carbons (Fsp3) is 0.407. The molecule has 0 bridgehead atoms. The Morgan fingerprint density at radius 3 is 1.61 bits per heavy atom. The van der Waals surface area contributed by atoms with Gasteiger partial charge in [-0.1, -0.05) is 25.3 Å². The molecule has 0 fully saturated rings. The molecule has 3 N–H and O–H groups in total. The highest BCUT2D eigenvalue weighted by Crippen LogP contribution is 2.14. The number of amides is 3. The van der Waals surface area contributed by atoms with Gasteiger partial charge in [0.1, 0.15) is 32.0 Å². The third-order valence-corrected chi connectivity index (χ3v) is 4.94. The van der Waals surface area contributed by atoms with Gasteiger partial charge in [-0.15, -0.1) is 0 Å². The Bertz CT molecular complexity index is 1110. The SMILES string of the molecule is C=C(C)C(=O)OCCNC(=O)OCC(C)(COC(=O)NCCOC(=O)C(=C)C)NC(=O)c1ccccc1C(=O)OC. The molecule has 0 saturated carbocycles. The molecule has 0 aliphatic carbocycles. The zero-order valence-corrected chi connectivity index (χ0v) is 23.5. The summed E-state index contributed by atoms with van der Waals surface area (Å²) in [6.45, 7) is 9.93. The van der Waals surface area contributed by atoms with Gasteiger partial charge in [-0.2, -0.15) is 0 Å². The highest BCUT2D eigenvalue weighted by molar-refractivity contribution is 6.05. The van der Waals surface area contributed by atoms with Crippen LogP contribution in [0, 0.1) is 0 Å². The first kappa shape index (κ1) is 34.1. The van der Waals surface area contributed by atoms with E-state index in [2.05, 4.69) is 29.1 Å². The lowest BCUT2D eigenvalue weighted by Crippen LogP contribution is -2.54. The predicted octanol–water partition coefficient (Wildman–Crippen LogP) is 1.65. The summed E-state index contributed by atoms with van der Waals surface area (Å²) in [5.41, 5.74) is -1.12. The van der Waals surface area contributed by atoms with E-state index in [4.69, 9.17) is 23.7 Å². The van der Waals surface area contributed by atoms with Crippen molar-refractivity contribution in [2.75, 3.05) is 46.6 Å². The van der Waals surface area contributed by atoms with E-state index in [0.29, 0.717) is 0 Å².